The number of methoxy groups -OCH3 is 1. The Morgan fingerprint density at radius 1 is 1.21 bits per heavy atom. The zero-order chi connectivity index (χ0) is 13.6. The molecule has 0 aliphatic rings. The number of furan rings is 1. The minimum absolute atomic E-state index is 0.544. The summed E-state index contributed by atoms with van der Waals surface area (Å²) in [6.45, 7) is 3.80. The second-order valence-corrected chi connectivity index (χ2v) is 5.21. The third kappa shape index (κ3) is 1.85. The summed E-state index contributed by atoms with van der Waals surface area (Å²) in [5.74, 6) is 1.48. The summed E-state index contributed by atoms with van der Waals surface area (Å²) in [7, 11) is 1.65. The molecule has 98 valence electrons. The maximum Gasteiger partial charge on any atom is 0.230 e. The highest BCUT2D eigenvalue weighted by atomic mass is 16.5. The summed E-state index contributed by atoms with van der Waals surface area (Å²) >= 11 is 0. The molecule has 4 heteroatoms. The van der Waals surface area contributed by atoms with E-state index in [9.17, 15) is 0 Å². The average Bonchev–Trinajstić information content (AvgIpc) is 2.79. The molecule has 0 aliphatic heterocycles. The third-order valence-electron chi connectivity index (χ3n) is 3.17. The summed E-state index contributed by atoms with van der Waals surface area (Å²) in [5.41, 5.74) is 6.94. The van der Waals surface area contributed by atoms with Crippen LogP contribution in [0.5, 0.6) is 5.75 Å². The molecule has 0 atom stereocenters. The Bertz CT molecular complexity index is 754. The third-order valence-corrected chi connectivity index (χ3v) is 3.17. The topological polar surface area (TPSA) is 61.3 Å². The fourth-order valence-corrected chi connectivity index (χ4v) is 2.18. The van der Waals surface area contributed by atoms with Crippen LogP contribution in [0.2, 0.25) is 0 Å². The Hall–Kier alpha value is -2.07. The first-order valence-corrected chi connectivity index (χ1v) is 6.16. The van der Waals surface area contributed by atoms with Crippen molar-refractivity contribution in [2.75, 3.05) is 7.11 Å². The summed E-state index contributed by atoms with van der Waals surface area (Å²) in [6.07, 6.45) is 0. The predicted octanol–water partition coefficient (Wildman–Crippen LogP) is 3.18. The fraction of sp³-hybridized carbons (Fsp3) is 0.267. The summed E-state index contributed by atoms with van der Waals surface area (Å²) in [5, 5.41) is 1.83. The number of rotatable bonds is 2. The molecule has 0 spiro atoms. The highest BCUT2D eigenvalue weighted by Crippen LogP contribution is 2.36. The number of benzene rings is 1. The SMILES string of the molecule is COc1c2ccccc2nc2oc(C(C)(C)N)cc12. The highest BCUT2D eigenvalue weighted by Gasteiger charge is 2.22. The number of hydrogen-bond donors (Lipinski definition) is 1. The van der Waals surface area contributed by atoms with Crippen LogP contribution in [-0.2, 0) is 5.54 Å². The van der Waals surface area contributed by atoms with E-state index in [2.05, 4.69) is 4.98 Å². The van der Waals surface area contributed by atoms with Crippen molar-refractivity contribution in [3.63, 3.8) is 0 Å². The van der Waals surface area contributed by atoms with Crippen LogP contribution in [-0.4, -0.2) is 12.1 Å². The fourth-order valence-electron chi connectivity index (χ4n) is 2.18. The number of aromatic nitrogens is 1. The molecule has 1 aromatic carbocycles. The van der Waals surface area contributed by atoms with E-state index in [0.29, 0.717) is 11.5 Å². The van der Waals surface area contributed by atoms with Crippen molar-refractivity contribution in [3.05, 3.63) is 36.1 Å². The first-order chi connectivity index (χ1) is 9.00. The van der Waals surface area contributed by atoms with Crippen molar-refractivity contribution in [1.82, 2.24) is 4.98 Å². The van der Waals surface area contributed by atoms with E-state index in [0.717, 1.165) is 22.0 Å². The Morgan fingerprint density at radius 3 is 2.63 bits per heavy atom. The molecule has 0 fully saturated rings. The molecule has 0 bridgehead atoms. The van der Waals surface area contributed by atoms with Crippen LogP contribution in [0.3, 0.4) is 0 Å². The summed E-state index contributed by atoms with van der Waals surface area (Å²) in [6, 6.07) is 9.74. The number of hydrogen-bond acceptors (Lipinski definition) is 4. The second kappa shape index (κ2) is 3.96. The van der Waals surface area contributed by atoms with Crippen LogP contribution >= 0.6 is 0 Å². The van der Waals surface area contributed by atoms with Gasteiger partial charge < -0.3 is 14.9 Å². The van der Waals surface area contributed by atoms with Crippen LogP contribution < -0.4 is 10.5 Å². The molecule has 0 amide bonds. The lowest BCUT2D eigenvalue weighted by molar-refractivity contribution is 0.409. The molecular formula is C15H16N2O2. The number of para-hydroxylation sites is 1. The van der Waals surface area contributed by atoms with Crippen molar-refractivity contribution >= 4 is 22.0 Å². The normalized spacial score (nSPS) is 12.2. The molecule has 3 rings (SSSR count). The van der Waals surface area contributed by atoms with Gasteiger partial charge >= 0.3 is 0 Å². The van der Waals surface area contributed by atoms with Gasteiger partial charge in [-0.05, 0) is 32.0 Å². The first kappa shape index (κ1) is 12.0. The number of nitrogens with two attached hydrogens (primary N) is 1. The molecule has 0 saturated heterocycles. The van der Waals surface area contributed by atoms with Crippen molar-refractivity contribution in [1.29, 1.82) is 0 Å². The van der Waals surface area contributed by atoms with E-state index in [1.165, 1.54) is 0 Å². The summed E-state index contributed by atoms with van der Waals surface area (Å²) < 4.78 is 11.3. The van der Waals surface area contributed by atoms with E-state index < -0.39 is 5.54 Å². The van der Waals surface area contributed by atoms with Gasteiger partial charge in [-0.15, -0.1) is 0 Å². The molecule has 0 aliphatic carbocycles. The Kier molecular flexibility index (Phi) is 2.50. The van der Waals surface area contributed by atoms with Crippen LogP contribution in [0.15, 0.2) is 34.7 Å². The van der Waals surface area contributed by atoms with Crippen LogP contribution in [0.1, 0.15) is 19.6 Å². The van der Waals surface area contributed by atoms with E-state index in [1.807, 2.05) is 44.2 Å². The molecular weight excluding hydrogens is 240 g/mol. The van der Waals surface area contributed by atoms with Crippen molar-refractivity contribution < 1.29 is 9.15 Å². The quantitative estimate of drug-likeness (QED) is 0.765. The summed E-state index contributed by atoms with van der Waals surface area (Å²) in [4.78, 5) is 4.52. The molecule has 0 saturated carbocycles. The first-order valence-electron chi connectivity index (χ1n) is 6.16. The lowest BCUT2D eigenvalue weighted by atomic mass is 10.0. The molecule has 0 unspecified atom stereocenters. The van der Waals surface area contributed by atoms with E-state index >= 15 is 0 Å². The van der Waals surface area contributed by atoms with Gasteiger partial charge in [0.05, 0.1) is 23.6 Å². The van der Waals surface area contributed by atoms with Gasteiger partial charge in [0.2, 0.25) is 5.71 Å². The lowest BCUT2D eigenvalue weighted by Gasteiger charge is -2.13. The van der Waals surface area contributed by atoms with Crippen molar-refractivity contribution in [3.8, 4) is 5.75 Å². The van der Waals surface area contributed by atoms with E-state index in [-0.39, 0.29) is 0 Å². The molecule has 4 nitrogen and oxygen atoms in total. The van der Waals surface area contributed by atoms with Gasteiger partial charge in [0, 0.05) is 5.39 Å². The van der Waals surface area contributed by atoms with Gasteiger partial charge in [-0.25, -0.2) is 4.98 Å². The maximum atomic E-state index is 6.08. The van der Waals surface area contributed by atoms with E-state index in [1.54, 1.807) is 7.11 Å². The number of pyridine rings is 1. The van der Waals surface area contributed by atoms with Gasteiger partial charge in [-0.3, -0.25) is 0 Å². The van der Waals surface area contributed by atoms with Crippen LogP contribution in [0, 0.1) is 0 Å². The average molecular weight is 256 g/mol. The van der Waals surface area contributed by atoms with Gasteiger partial charge in [0.1, 0.15) is 11.5 Å². The number of nitrogens with zero attached hydrogens (tertiary/aromatic N) is 1. The number of fused-ring (bicyclic) bond motifs is 2. The predicted molar refractivity (Wildman–Crippen MR) is 75.3 cm³/mol. The Morgan fingerprint density at radius 2 is 1.95 bits per heavy atom. The van der Waals surface area contributed by atoms with Crippen molar-refractivity contribution in [2.24, 2.45) is 5.73 Å². The van der Waals surface area contributed by atoms with Gasteiger partial charge in [-0.2, -0.15) is 0 Å². The monoisotopic (exact) mass is 256 g/mol. The lowest BCUT2D eigenvalue weighted by Crippen LogP contribution is -2.27. The Labute approximate surface area is 111 Å². The minimum atomic E-state index is -0.544. The molecule has 2 aromatic heterocycles. The van der Waals surface area contributed by atoms with Gasteiger partial charge in [-0.1, -0.05) is 12.1 Å². The van der Waals surface area contributed by atoms with Crippen molar-refractivity contribution in [2.45, 2.75) is 19.4 Å². The largest absolute Gasteiger partial charge is 0.495 e. The highest BCUT2D eigenvalue weighted by molar-refractivity contribution is 5.99. The number of ether oxygens (including phenoxy) is 1. The molecule has 2 heterocycles. The van der Waals surface area contributed by atoms with Crippen LogP contribution in [0.25, 0.3) is 22.0 Å². The zero-order valence-electron chi connectivity index (χ0n) is 11.2. The minimum Gasteiger partial charge on any atom is -0.495 e. The van der Waals surface area contributed by atoms with Gasteiger partial charge in [0.15, 0.2) is 0 Å². The second-order valence-electron chi connectivity index (χ2n) is 5.21. The molecule has 0 radical (unpaired) electrons. The molecule has 19 heavy (non-hydrogen) atoms. The smallest absolute Gasteiger partial charge is 0.230 e. The Balaban J connectivity index is 2.41. The zero-order valence-corrected chi connectivity index (χ0v) is 11.2. The molecule has 3 aromatic rings. The maximum absolute atomic E-state index is 6.08. The molecule has 2 N–H and O–H groups in total. The standard InChI is InChI=1S/C15H16N2O2/c1-15(2,16)12-8-10-13(18-3)9-6-4-5-7-11(9)17-14(10)19-12/h4-8H,16H2,1-3H3. The van der Waals surface area contributed by atoms with Crippen LogP contribution in [0.4, 0.5) is 0 Å². The van der Waals surface area contributed by atoms with E-state index in [4.69, 9.17) is 14.9 Å². The van der Waals surface area contributed by atoms with Gasteiger partial charge in [0.25, 0.3) is 0 Å².